The average molecular weight is 206 g/mol. The molecule has 0 aromatic heterocycles. The predicted molar refractivity (Wildman–Crippen MR) is 48.3 cm³/mol. The van der Waals surface area contributed by atoms with Crippen LogP contribution >= 0.6 is 0 Å². The highest BCUT2D eigenvalue weighted by Crippen LogP contribution is 2.30. The van der Waals surface area contributed by atoms with Crippen LogP contribution in [0.2, 0.25) is 0 Å². The van der Waals surface area contributed by atoms with Gasteiger partial charge in [-0.3, -0.25) is 0 Å². The summed E-state index contributed by atoms with van der Waals surface area (Å²) in [6, 6.07) is 0. The fourth-order valence-corrected chi connectivity index (χ4v) is 3.52. The Morgan fingerprint density at radius 1 is 1.54 bits per heavy atom. The lowest BCUT2D eigenvalue weighted by atomic mass is 9.91. The summed E-state index contributed by atoms with van der Waals surface area (Å²) in [7, 11) is -3.01. The largest absolute Gasteiger partial charge is 0.381 e. The molecule has 4 nitrogen and oxygen atoms in total. The van der Waals surface area contributed by atoms with Crippen molar-refractivity contribution in [2.24, 2.45) is 5.41 Å². The van der Waals surface area contributed by atoms with Gasteiger partial charge >= 0.3 is 0 Å². The maximum atomic E-state index is 11.2. The molecule has 0 N–H and O–H groups in total. The zero-order chi connectivity index (χ0) is 9.95. The Morgan fingerprint density at radius 3 is 2.62 bits per heavy atom. The van der Waals surface area contributed by atoms with Gasteiger partial charge in [0.1, 0.15) is 6.29 Å². The van der Waals surface area contributed by atoms with Crippen molar-refractivity contribution in [2.75, 3.05) is 24.7 Å². The molecule has 5 heteroatoms. The standard InChI is InChI=1S/C8H14O4S/c1-2-12-6-8(5-9)3-4-13(10,11)7-8/h5H,2-4,6-7H2,1H3. The van der Waals surface area contributed by atoms with Crippen molar-refractivity contribution >= 4 is 16.1 Å². The van der Waals surface area contributed by atoms with E-state index in [9.17, 15) is 13.2 Å². The van der Waals surface area contributed by atoms with E-state index in [2.05, 4.69) is 0 Å². The lowest BCUT2D eigenvalue weighted by Crippen LogP contribution is -2.30. The number of hydrogen-bond acceptors (Lipinski definition) is 4. The highest BCUT2D eigenvalue weighted by atomic mass is 32.2. The molecular weight excluding hydrogens is 192 g/mol. The second kappa shape index (κ2) is 3.75. The summed E-state index contributed by atoms with van der Waals surface area (Å²) in [6.07, 6.45) is 1.13. The SMILES string of the molecule is CCOCC1(C=O)CCS(=O)(=O)C1. The predicted octanol–water partition coefficient (Wildman–Crippen LogP) is 0.0267. The van der Waals surface area contributed by atoms with E-state index >= 15 is 0 Å². The van der Waals surface area contributed by atoms with Gasteiger partial charge in [-0.2, -0.15) is 0 Å². The molecule has 0 aromatic rings. The van der Waals surface area contributed by atoms with Gasteiger partial charge in [0.25, 0.3) is 0 Å². The van der Waals surface area contributed by atoms with Gasteiger partial charge in [-0.25, -0.2) is 8.42 Å². The molecule has 0 aromatic carbocycles. The van der Waals surface area contributed by atoms with Crippen LogP contribution in [-0.4, -0.2) is 39.4 Å². The number of aldehydes is 1. The Morgan fingerprint density at radius 2 is 2.23 bits per heavy atom. The molecule has 76 valence electrons. The van der Waals surface area contributed by atoms with Gasteiger partial charge in [-0.05, 0) is 13.3 Å². The van der Waals surface area contributed by atoms with Crippen LogP contribution in [0.4, 0.5) is 0 Å². The topological polar surface area (TPSA) is 60.4 Å². The van der Waals surface area contributed by atoms with Crippen molar-refractivity contribution in [1.82, 2.24) is 0 Å². The van der Waals surface area contributed by atoms with Crippen LogP contribution in [0.3, 0.4) is 0 Å². The van der Waals surface area contributed by atoms with Gasteiger partial charge in [-0.1, -0.05) is 0 Å². The van der Waals surface area contributed by atoms with Crippen molar-refractivity contribution < 1.29 is 17.9 Å². The molecule has 1 fully saturated rings. The van der Waals surface area contributed by atoms with Crippen LogP contribution in [0.25, 0.3) is 0 Å². The summed E-state index contributed by atoms with van der Waals surface area (Å²) >= 11 is 0. The van der Waals surface area contributed by atoms with Gasteiger partial charge in [0.05, 0.1) is 23.5 Å². The van der Waals surface area contributed by atoms with E-state index < -0.39 is 15.3 Å². The molecule has 1 saturated heterocycles. The van der Waals surface area contributed by atoms with E-state index in [1.54, 1.807) is 0 Å². The summed E-state index contributed by atoms with van der Waals surface area (Å²) < 4.78 is 27.4. The van der Waals surface area contributed by atoms with E-state index in [-0.39, 0.29) is 18.1 Å². The van der Waals surface area contributed by atoms with E-state index in [1.165, 1.54) is 0 Å². The number of sulfone groups is 1. The Labute approximate surface area is 78.2 Å². The fourth-order valence-electron chi connectivity index (χ4n) is 1.49. The van der Waals surface area contributed by atoms with Crippen LogP contribution in [0, 0.1) is 5.41 Å². The van der Waals surface area contributed by atoms with Crippen molar-refractivity contribution in [3.63, 3.8) is 0 Å². The Kier molecular flexibility index (Phi) is 3.08. The molecular formula is C8H14O4S. The van der Waals surface area contributed by atoms with E-state index in [1.807, 2.05) is 6.92 Å². The number of rotatable bonds is 4. The number of carbonyl (C=O) groups excluding carboxylic acids is 1. The highest BCUT2D eigenvalue weighted by molar-refractivity contribution is 7.91. The number of ether oxygens (including phenoxy) is 1. The van der Waals surface area contributed by atoms with Gasteiger partial charge in [0, 0.05) is 6.61 Å². The minimum atomic E-state index is -3.01. The van der Waals surface area contributed by atoms with Gasteiger partial charge in [-0.15, -0.1) is 0 Å². The molecule has 0 saturated carbocycles. The first kappa shape index (κ1) is 10.7. The summed E-state index contributed by atoms with van der Waals surface area (Å²) in [5.41, 5.74) is -0.769. The van der Waals surface area contributed by atoms with Crippen LogP contribution in [0.1, 0.15) is 13.3 Å². The van der Waals surface area contributed by atoms with Crippen LogP contribution < -0.4 is 0 Å². The lowest BCUT2D eigenvalue weighted by Gasteiger charge is -2.19. The molecule has 0 amide bonds. The first-order valence-corrected chi connectivity index (χ1v) is 6.10. The minimum absolute atomic E-state index is 0.0521. The Hall–Kier alpha value is -0.420. The first-order valence-electron chi connectivity index (χ1n) is 4.28. The zero-order valence-corrected chi connectivity index (χ0v) is 8.47. The van der Waals surface area contributed by atoms with E-state index in [4.69, 9.17) is 4.74 Å². The molecule has 1 heterocycles. The number of hydrogen-bond donors (Lipinski definition) is 0. The molecule has 0 radical (unpaired) electrons. The molecule has 1 rings (SSSR count). The third kappa shape index (κ3) is 2.51. The molecule has 1 atom stereocenters. The summed E-state index contributed by atoms with van der Waals surface area (Å²) in [5.74, 6) is 0.0579. The minimum Gasteiger partial charge on any atom is -0.381 e. The third-order valence-corrected chi connectivity index (χ3v) is 4.10. The lowest BCUT2D eigenvalue weighted by molar-refractivity contribution is -0.118. The maximum Gasteiger partial charge on any atom is 0.151 e. The van der Waals surface area contributed by atoms with Gasteiger partial charge in [0.2, 0.25) is 0 Å². The van der Waals surface area contributed by atoms with Crippen LogP contribution in [0.5, 0.6) is 0 Å². The molecule has 13 heavy (non-hydrogen) atoms. The summed E-state index contributed by atoms with van der Waals surface area (Å²) in [5, 5.41) is 0. The van der Waals surface area contributed by atoms with Crippen molar-refractivity contribution in [3.05, 3.63) is 0 Å². The highest BCUT2D eigenvalue weighted by Gasteiger charge is 2.42. The smallest absolute Gasteiger partial charge is 0.151 e. The second-order valence-corrected chi connectivity index (χ2v) is 5.64. The fraction of sp³-hybridized carbons (Fsp3) is 0.875. The van der Waals surface area contributed by atoms with Gasteiger partial charge in [0.15, 0.2) is 9.84 Å². The molecule has 1 unspecified atom stereocenters. The normalized spacial score (nSPS) is 31.8. The maximum absolute atomic E-state index is 11.2. The zero-order valence-electron chi connectivity index (χ0n) is 7.65. The molecule has 0 bridgehead atoms. The number of carbonyl (C=O) groups is 1. The van der Waals surface area contributed by atoms with Crippen LogP contribution in [0.15, 0.2) is 0 Å². The Bertz CT molecular complexity index is 283. The molecule has 0 spiro atoms. The van der Waals surface area contributed by atoms with E-state index in [0.29, 0.717) is 13.0 Å². The van der Waals surface area contributed by atoms with Crippen molar-refractivity contribution in [3.8, 4) is 0 Å². The molecule has 1 aliphatic heterocycles. The Balaban J connectivity index is 2.68. The quantitative estimate of drug-likeness (QED) is 0.609. The summed E-state index contributed by atoms with van der Waals surface area (Å²) in [4.78, 5) is 10.8. The van der Waals surface area contributed by atoms with Crippen molar-refractivity contribution in [2.45, 2.75) is 13.3 Å². The third-order valence-electron chi connectivity index (χ3n) is 2.26. The van der Waals surface area contributed by atoms with Crippen LogP contribution in [-0.2, 0) is 19.4 Å². The molecule has 1 aliphatic rings. The van der Waals surface area contributed by atoms with E-state index in [0.717, 1.165) is 6.29 Å². The molecule has 0 aliphatic carbocycles. The average Bonchev–Trinajstić information content (AvgIpc) is 2.40. The van der Waals surface area contributed by atoms with Gasteiger partial charge < -0.3 is 9.53 Å². The van der Waals surface area contributed by atoms with Crippen molar-refractivity contribution in [1.29, 1.82) is 0 Å². The monoisotopic (exact) mass is 206 g/mol. The first-order chi connectivity index (χ1) is 6.04. The second-order valence-electron chi connectivity index (χ2n) is 3.46. The summed E-state index contributed by atoms with van der Waals surface area (Å²) in [6.45, 7) is 2.56.